The van der Waals surface area contributed by atoms with Crippen LogP contribution in [0.5, 0.6) is 0 Å². The molecule has 122 valence electrons. The van der Waals surface area contributed by atoms with E-state index in [0.717, 1.165) is 31.8 Å². The van der Waals surface area contributed by atoms with Gasteiger partial charge in [0.25, 0.3) is 5.91 Å². The second kappa shape index (κ2) is 8.44. The first-order valence-electron chi connectivity index (χ1n) is 7.90. The summed E-state index contributed by atoms with van der Waals surface area (Å²) in [6.07, 6.45) is 2.62. The third-order valence-corrected chi connectivity index (χ3v) is 4.79. The molecule has 1 saturated heterocycles. The molecular weight excluding hydrogens is 296 g/mol. The van der Waals surface area contributed by atoms with Crippen LogP contribution in [0.2, 0.25) is 0 Å². The van der Waals surface area contributed by atoms with E-state index in [9.17, 15) is 9.90 Å². The van der Waals surface area contributed by atoms with E-state index in [1.165, 1.54) is 11.3 Å². The first-order valence-corrected chi connectivity index (χ1v) is 9.29. The summed E-state index contributed by atoms with van der Waals surface area (Å²) in [6, 6.07) is 8.37. The van der Waals surface area contributed by atoms with Crippen molar-refractivity contribution < 1.29 is 9.90 Å². The molecule has 0 saturated carbocycles. The van der Waals surface area contributed by atoms with Gasteiger partial charge in [0, 0.05) is 31.9 Å². The Morgan fingerprint density at radius 2 is 2.05 bits per heavy atom. The fourth-order valence-electron chi connectivity index (χ4n) is 2.86. The molecule has 0 spiro atoms. The summed E-state index contributed by atoms with van der Waals surface area (Å²) in [5.41, 5.74) is 2.52. The number of aliphatic hydroxyl groups is 1. The zero-order chi connectivity index (χ0) is 15.9. The van der Waals surface area contributed by atoms with Crippen LogP contribution < -0.4 is 4.90 Å². The van der Waals surface area contributed by atoms with Gasteiger partial charge in [-0.15, -0.1) is 0 Å². The molecule has 5 heteroatoms. The molecule has 1 aliphatic heterocycles. The third-order valence-electron chi connectivity index (χ3n) is 4.14. The van der Waals surface area contributed by atoms with Crippen molar-refractivity contribution in [3.05, 3.63) is 29.8 Å². The third kappa shape index (κ3) is 4.40. The molecule has 1 aromatic rings. The van der Waals surface area contributed by atoms with Crippen LogP contribution in [-0.2, 0) is 4.79 Å². The number of anilines is 1. The number of hydrogen-bond donors (Lipinski definition) is 1. The minimum Gasteiger partial charge on any atom is -0.383 e. The molecule has 4 nitrogen and oxygen atoms in total. The van der Waals surface area contributed by atoms with E-state index in [1.807, 2.05) is 11.2 Å². The fourth-order valence-corrected chi connectivity index (χ4v) is 3.32. The molecule has 1 atom stereocenters. The second-order valence-electron chi connectivity index (χ2n) is 5.75. The maximum absolute atomic E-state index is 12.3. The number of aryl methyl sites for hydroxylation is 1. The van der Waals surface area contributed by atoms with Crippen molar-refractivity contribution in [1.82, 2.24) is 4.90 Å². The van der Waals surface area contributed by atoms with E-state index < -0.39 is 6.10 Å². The van der Waals surface area contributed by atoms with Crippen LogP contribution in [0.4, 0.5) is 5.69 Å². The van der Waals surface area contributed by atoms with Crippen molar-refractivity contribution in [2.75, 3.05) is 43.1 Å². The van der Waals surface area contributed by atoms with Crippen LogP contribution in [0.25, 0.3) is 0 Å². The van der Waals surface area contributed by atoms with Crippen molar-refractivity contribution >= 4 is 23.4 Å². The van der Waals surface area contributed by atoms with Gasteiger partial charge in [0.05, 0.1) is 0 Å². The monoisotopic (exact) mass is 322 g/mol. The average Bonchev–Trinajstić information content (AvgIpc) is 2.78. The van der Waals surface area contributed by atoms with Gasteiger partial charge in [0.1, 0.15) is 6.10 Å². The van der Waals surface area contributed by atoms with E-state index in [2.05, 4.69) is 36.1 Å². The lowest BCUT2D eigenvalue weighted by Crippen LogP contribution is -2.41. The number of carbonyl (C=O) groups excluding carboxylic acids is 1. The first kappa shape index (κ1) is 17.2. The summed E-state index contributed by atoms with van der Waals surface area (Å²) in [7, 11) is 0. The smallest absolute Gasteiger partial charge is 0.251 e. The molecule has 1 fully saturated rings. The number of para-hydroxylation sites is 1. The fraction of sp³-hybridized carbons (Fsp3) is 0.588. The molecule has 22 heavy (non-hydrogen) atoms. The molecule has 1 N–H and O–H groups in total. The quantitative estimate of drug-likeness (QED) is 0.902. The molecule has 1 aliphatic rings. The number of carbonyl (C=O) groups is 1. The number of hydrogen-bond acceptors (Lipinski definition) is 4. The maximum atomic E-state index is 12.3. The van der Waals surface area contributed by atoms with E-state index in [0.29, 0.717) is 13.0 Å². The van der Waals surface area contributed by atoms with E-state index in [-0.39, 0.29) is 5.91 Å². The minimum absolute atomic E-state index is 0.110. The lowest BCUT2D eigenvalue weighted by molar-refractivity contribution is -0.140. The first-order chi connectivity index (χ1) is 10.6. The van der Waals surface area contributed by atoms with Crippen molar-refractivity contribution in [1.29, 1.82) is 0 Å². The van der Waals surface area contributed by atoms with Gasteiger partial charge in [0.2, 0.25) is 0 Å². The Labute approximate surface area is 137 Å². The molecule has 2 rings (SSSR count). The molecule has 0 aromatic heterocycles. The molecule has 1 aromatic carbocycles. The summed E-state index contributed by atoms with van der Waals surface area (Å²) in [5, 5.41) is 10.0. The maximum Gasteiger partial charge on any atom is 0.251 e. The van der Waals surface area contributed by atoms with Crippen LogP contribution in [0.15, 0.2) is 24.3 Å². The Kier molecular flexibility index (Phi) is 6.58. The number of rotatable bonds is 5. The SMILES string of the molecule is CSCC[C@@H](O)C(=O)N1CCCN(c2ccccc2C)CC1. The van der Waals surface area contributed by atoms with Gasteiger partial charge in [-0.3, -0.25) is 4.79 Å². The molecule has 0 aliphatic carbocycles. The van der Waals surface area contributed by atoms with E-state index in [1.54, 1.807) is 11.8 Å². The van der Waals surface area contributed by atoms with Gasteiger partial charge >= 0.3 is 0 Å². The Hall–Kier alpha value is -1.20. The van der Waals surface area contributed by atoms with E-state index in [4.69, 9.17) is 0 Å². The van der Waals surface area contributed by atoms with Crippen molar-refractivity contribution in [3.8, 4) is 0 Å². The standard InChI is InChI=1S/C17H26N2O2S/c1-14-6-3-4-7-15(14)18-9-5-10-19(12-11-18)17(21)16(20)8-13-22-2/h3-4,6-7,16,20H,5,8-13H2,1-2H3/t16-/m1/s1. The summed E-state index contributed by atoms with van der Waals surface area (Å²) in [4.78, 5) is 16.5. The Bertz CT molecular complexity index is 495. The molecule has 0 unspecified atom stereocenters. The van der Waals surface area contributed by atoms with Crippen molar-refractivity contribution in [2.24, 2.45) is 0 Å². The predicted octanol–water partition coefficient (Wildman–Crippen LogP) is 2.15. The number of thioether (sulfide) groups is 1. The highest BCUT2D eigenvalue weighted by atomic mass is 32.2. The average molecular weight is 322 g/mol. The normalized spacial score (nSPS) is 17.2. The number of amides is 1. The second-order valence-corrected chi connectivity index (χ2v) is 6.74. The molecule has 1 heterocycles. The summed E-state index contributed by atoms with van der Waals surface area (Å²) >= 11 is 1.66. The van der Waals surface area contributed by atoms with Crippen LogP contribution in [-0.4, -0.2) is 60.2 Å². The van der Waals surface area contributed by atoms with Crippen LogP contribution in [0.3, 0.4) is 0 Å². The van der Waals surface area contributed by atoms with Crippen LogP contribution in [0.1, 0.15) is 18.4 Å². The topological polar surface area (TPSA) is 43.8 Å². The molecule has 0 radical (unpaired) electrons. The van der Waals surface area contributed by atoms with Gasteiger partial charge in [-0.05, 0) is 43.4 Å². The number of benzene rings is 1. The van der Waals surface area contributed by atoms with Gasteiger partial charge in [-0.25, -0.2) is 0 Å². The number of aliphatic hydroxyl groups excluding tert-OH is 1. The minimum atomic E-state index is -0.850. The van der Waals surface area contributed by atoms with E-state index >= 15 is 0 Å². The predicted molar refractivity (Wildman–Crippen MR) is 93.6 cm³/mol. The zero-order valence-corrected chi connectivity index (χ0v) is 14.3. The molecular formula is C17H26N2O2S. The van der Waals surface area contributed by atoms with Crippen molar-refractivity contribution in [2.45, 2.75) is 25.9 Å². The molecule has 1 amide bonds. The lowest BCUT2D eigenvalue weighted by Gasteiger charge is -2.26. The van der Waals surface area contributed by atoms with Crippen LogP contribution in [0, 0.1) is 6.92 Å². The summed E-state index contributed by atoms with van der Waals surface area (Å²) < 4.78 is 0. The van der Waals surface area contributed by atoms with Gasteiger partial charge in [-0.2, -0.15) is 11.8 Å². The zero-order valence-electron chi connectivity index (χ0n) is 13.5. The van der Waals surface area contributed by atoms with Crippen molar-refractivity contribution in [3.63, 3.8) is 0 Å². The summed E-state index contributed by atoms with van der Waals surface area (Å²) in [6.45, 7) is 5.32. The number of nitrogens with zero attached hydrogens (tertiary/aromatic N) is 2. The largest absolute Gasteiger partial charge is 0.383 e. The van der Waals surface area contributed by atoms with Gasteiger partial charge < -0.3 is 14.9 Å². The summed E-state index contributed by atoms with van der Waals surface area (Å²) in [5.74, 6) is 0.705. The highest BCUT2D eigenvalue weighted by Crippen LogP contribution is 2.21. The highest BCUT2D eigenvalue weighted by Gasteiger charge is 2.24. The Morgan fingerprint density at radius 3 is 2.77 bits per heavy atom. The highest BCUT2D eigenvalue weighted by molar-refractivity contribution is 7.98. The van der Waals surface area contributed by atoms with Crippen LogP contribution >= 0.6 is 11.8 Å². The molecule has 0 bridgehead atoms. The lowest BCUT2D eigenvalue weighted by atomic mass is 10.2. The Morgan fingerprint density at radius 1 is 1.27 bits per heavy atom. The van der Waals surface area contributed by atoms with Gasteiger partial charge in [0.15, 0.2) is 0 Å². The van der Waals surface area contributed by atoms with Gasteiger partial charge in [-0.1, -0.05) is 18.2 Å². The Balaban J connectivity index is 1.95.